The number of benzene rings is 1. The first-order valence-electron chi connectivity index (χ1n) is 7.63. The van der Waals surface area contributed by atoms with Crippen LogP contribution < -0.4 is 5.73 Å². The van der Waals surface area contributed by atoms with Crippen LogP contribution in [0.4, 0.5) is 5.69 Å². The van der Waals surface area contributed by atoms with Gasteiger partial charge in [0.2, 0.25) is 0 Å². The van der Waals surface area contributed by atoms with E-state index in [0.29, 0.717) is 0 Å². The van der Waals surface area contributed by atoms with E-state index in [1.165, 1.54) is 6.42 Å². The van der Waals surface area contributed by atoms with Crippen LogP contribution in [0.1, 0.15) is 25.5 Å². The van der Waals surface area contributed by atoms with Gasteiger partial charge in [-0.3, -0.25) is 4.98 Å². The predicted octanol–water partition coefficient (Wildman–Crippen LogP) is 3.38. The average Bonchev–Trinajstić information content (AvgIpc) is 2.95. The van der Waals surface area contributed by atoms with Crippen LogP contribution in [0.5, 0.6) is 0 Å². The fourth-order valence-corrected chi connectivity index (χ4v) is 3.02. The number of aromatic nitrogens is 3. The smallest absolute Gasteiger partial charge is 0.150 e. The molecule has 2 aromatic heterocycles. The van der Waals surface area contributed by atoms with E-state index >= 15 is 0 Å². The molecule has 0 amide bonds. The second-order valence-electron chi connectivity index (χ2n) is 5.63. The highest BCUT2D eigenvalue weighted by Crippen LogP contribution is 2.33. The monoisotopic (exact) mass is 294 g/mol. The van der Waals surface area contributed by atoms with E-state index in [1.807, 2.05) is 35.0 Å². The highest BCUT2D eigenvalue weighted by molar-refractivity contribution is 5.95. The number of nitrogens with zero attached hydrogens (tertiary/aromatic N) is 3. The van der Waals surface area contributed by atoms with Crippen molar-refractivity contribution in [3.63, 3.8) is 0 Å². The zero-order valence-electron chi connectivity index (χ0n) is 12.3. The van der Waals surface area contributed by atoms with Gasteiger partial charge in [-0.2, -0.15) is 5.10 Å². The average molecular weight is 294 g/mol. The molecule has 0 saturated carbocycles. The Morgan fingerprint density at radius 1 is 1.14 bits per heavy atom. The molecule has 0 unspecified atom stereocenters. The molecule has 5 heteroatoms. The minimum absolute atomic E-state index is 0.00969. The number of hydrogen-bond acceptors (Lipinski definition) is 4. The van der Waals surface area contributed by atoms with Crippen LogP contribution in [-0.4, -0.2) is 21.4 Å². The Labute approximate surface area is 128 Å². The summed E-state index contributed by atoms with van der Waals surface area (Å²) in [4.78, 5) is 4.08. The zero-order chi connectivity index (χ0) is 14.9. The molecule has 1 saturated heterocycles. The Hall–Kier alpha value is -2.40. The lowest BCUT2D eigenvalue weighted by Crippen LogP contribution is -2.19. The molecule has 112 valence electrons. The third-order valence-electron chi connectivity index (χ3n) is 4.11. The van der Waals surface area contributed by atoms with Crippen molar-refractivity contribution in [3.05, 3.63) is 42.7 Å². The summed E-state index contributed by atoms with van der Waals surface area (Å²) in [5, 5.41) is 5.89. The van der Waals surface area contributed by atoms with Crippen molar-refractivity contribution >= 4 is 16.6 Å². The lowest BCUT2D eigenvalue weighted by Gasteiger charge is -2.23. The van der Waals surface area contributed by atoms with E-state index in [-0.39, 0.29) is 6.23 Å². The molecule has 0 spiro atoms. The fraction of sp³-hybridized carbons (Fsp3) is 0.294. The van der Waals surface area contributed by atoms with Crippen molar-refractivity contribution in [2.75, 3.05) is 12.3 Å². The van der Waals surface area contributed by atoms with Crippen LogP contribution in [0.2, 0.25) is 0 Å². The highest BCUT2D eigenvalue weighted by atomic mass is 16.5. The molecule has 1 fully saturated rings. The third-order valence-corrected chi connectivity index (χ3v) is 4.11. The summed E-state index contributed by atoms with van der Waals surface area (Å²) >= 11 is 0. The maximum atomic E-state index is 5.98. The maximum absolute atomic E-state index is 5.98. The van der Waals surface area contributed by atoms with Gasteiger partial charge in [-0.1, -0.05) is 0 Å². The van der Waals surface area contributed by atoms with Crippen LogP contribution >= 0.6 is 0 Å². The molecule has 5 nitrogen and oxygen atoms in total. The zero-order valence-corrected chi connectivity index (χ0v) is 12.3. The van der Waals surface area contributed by atoms with Crippen molar-refractivity contribution in [3.8, 4) is 11.3 Å². The first-order valence-corrected chi connectivity index (χ1v) is 7.63. The molecule has 3 heterocycles. The van der Waals surface area contributed by atoms with E-state index in [0.717, 1.165) is 47.3 Å². The summed E-state index contributed by atoms with van der Waals surface area (Å²) in [5.74, 6) is 0. The number of anilines is 1. The van der Waals surface area contributed by atoms with Crippen molar-refractivity contribution in [2.24, 2.45) is 0 Å². The maximum Gasteiger partial charge on any atom is 0.150 e. The second-order valence-corrected chi connectivity index (χ2v) is 5.63. The van der Waals surface area contributed by atoms with Gasteiger partial charge in [0.05, 0.1) is 5.52 Å². The number of fused-ring (bicyclic) bond motifs is 1. The summed E-state index contributed by atoms with van der Waals surface area (Å²) in [7, 11) is 0. The summed E-state index contributed by atoms with van der Waals surface area (Å²) in [6, 6.07) is 9.87. The number of pyridine rings is 1. The molecular weight excluding hydrogens is 276 g/mol. The minimum Gasteiger partial charge on any atom is -0.399 e. The van der Waals surface area contributed by atoms with Crippen LogP contribution in [0.25, 0.3) is 22.2 Å². The van der Waals surface area contributed by atoms with Crippen LogP contribution in [0.3, 0.4) is 0 Å². The molecule has 1 aliphatic heterocycles. The van der Waals surface area contributed by atoms with Crippen LogP contribution in [0.15, 0.2) is 42.7 Å². The molecule has 0 aliphatic carbocycles. The summed E-state index contributed by atoms with van der Waals surface area (Å²) < 4.78 is 7.91. The normalized spacial score (nSPS) is 18.6. The van der Waals surface area contributed by atoms with Crippen LogP contribution in [-0.2, 0) is 4.74 Å². The van der Waals surface area contributed by atoms with Crippen molar-refractivity contribution in [1.29, 1.82) is 0 Å². The molecule has 3 aromatic rings. The molecule has 4 rings (SSSR count). The quantitative estimate of drug-likeness (QED) is 0.736. The molecular formula is C17H18N4O. The lowest BCUT2D eigenvalue weighted by molar-refractivity contribution is -0.0365. The van der Waals surface area contributed by atoms with Gasteiger partial charge in [-0.05, 0) is 49.6 Å². The number of nitrogen functional groups attached to an aromatic ring is 1. The minimum atomic E-state index is 0.00969. The van der Waals surface area contributed by atoms with Gasteiger partial charge in [0, 0.05) is 35.6 Å². The van der Waals surface area contributed by atoms with Gasteiger partial charge in [0.25, 0.3) is 0 Å². The van der Waals surface area contributed by atoms with Gasteiger partial charge in [0.1, 0.15) is 5.69 Å². The van der Waals surface area contributed by atoms with E-state index in [9.17, 15) is 0 Å². The molecule has 22 heavy (non-hydrogen) atoms. The predicted molar refractivity (Wildman–Crippen MR) is 86.2 cm³/mol. The summed E-state index contributed by atoms with van der Waals surface area (Å²) in [6.07, 6.45) is 6.87. The number of rotatable bonds is 2. The summed E-state index contributed by atoms with van der Waals surface area (Å²) in [5.41, 5.74) is 9.75. The topological polar surface area (TPSA) is 66.0 Å². The molecule has 0 radical (unpaired) electrons. The second kappa shape index (κ2) is 5.42. The van der Waals surface area contributed by atoms with Crippen molar-refractivity contribution in [2.45, 2.75) is 25.5 Å². The van der Waals surface area contributed by atoms with E-state index < -0.39 is 0 Å². The first-order chi connectivity index (χ1) is 10.8. The Bertz CT molecular complexity index is 791. The first kappa shape index (κ1) is 13.3. The third kappa shape index (κ3) is 2.23. The molecule has 1 aliphatic rings. The van der Waals surface area contributed by atoms with Gasteiger partial charge in [0.15, 0.2) is 6.23 Å². The molecule has 1 atom stereocenters. The number of hydrogen-bond donors (Lipinski definition) is 1. The van der Waals surface area contributed by atoms with Crippen LogP contribution in [0, 0.1) is 0 Å². The molecule has 1 aromatic carbocycles. The van der Waals surface area contributed by atoms with E-state index in [4.69, 9.17) is 15.6 Å². The van der Waals surface area contributed by atoms with E-state index in [1.54, 1.807) is 12.4 Å². The molecule has 0 bridgehead atoms. The Kier molecular flexibility index (Phi) is 3.27. The van der Waals surface area contributed by atoms with Gasteiger partial charge in [-0.15, -0.1) is 0 Å². The number of nitrogens with two attached hydrogens (primary N) is 1. The van der Waals surface area contributed by atoms with E-state index in [2.05, 4.69) is 4.98 Å². The van der Waals surface area contributed by atoms with Gasteiger partial charge >= 0.3 is 0 Å². The van der Waals surface area contributed by atoms with Crippen molar-refractivity contribution in [1.82, 2.24) is 14.8 Å². The Balaban J connectivity index is 1.91. The summed E-state index contributed by atoms with van der Waals surface area (Å²) in [6.45, 7) is 0.797. The standard InChI is InChI=1S/C17H18N4O/c18-13-4-5-15-14(11-13)17(12-6-8-19-9-7-12)20-21(15)16-3-1-2-10-22-16/h4-9,11,16H,1-3,10,18H2/t16-/m1/s1. The SMILES string of the molecule is Nc1ccc2c(c1)c(-c1ccncc1)nn2[C@H]1CCCCO1. The lowest BCUT2D eigenvalue weighted by atomic mass is 10.1. The Morgan fingerprint density at radius 2 is 2.00 bits per heavy atom. The highest BCUT2D eigenvalue weighted by Gasteiger charge is 2.21. The molecule has 2 N–H and O–H groups in total. The fourth-order valence-electron chi connectivity index (χ4n) is 3.02. The number of ether oxygens (including phenoxy) is 1. The van der Waals surface area contributed by atoms with Gasteiger partial charge in [-0.25, -0.2) is 4.68 Å². The van der Waals surface area contributed by atoms with Crippen molar-refractivity contribution < 1.29 is 4.74 Å². The van der Waals surface area contributed by atoms with Gasteiger partial charge < -0.3 is 10.5 Å². The largest absolute Gasteiger partial charge is 0.399 e. The Morgan fingerprint density at radius 3 is 2.77 bits per heavy atom.